The SMILES string of the molecule is CCOc1ccc(CN2CCN(S(=O)(=O)c3cc(C)ccc3C)CC2)nc1. The standard InChI is InChI=1S/C20H27N3O3S/c1-4-26-19-8-7-18(21-14-19)15-22-9-11-23(12-10-22)27(24,25)20-13-16(2)5-6-17(20)3/h5-8,13-14H,4,9-12,15H2,1-3H3. The van der Waals surface area contributed by atoms with Gasteiger partial charge in [-0.3, -0.25) is 9.88 Å². The van der Waals surface area contributed by atoms with Gasteiger partial charge in [-0.05, 0) is 50.1 Å². The van der Waals surface area contributed by atoms with Crippen molar-refractivity contribution < 1.29 is 13.2 Å². The van der Waals surface area contributed by atoms with Crippen LogP contribution in [0.3, 0.4) is 0 Å². The maximum absolute atomic E-state index is 13.0. The van der Waals surface area contributed by atoms with Gasteiger partial charge in [0.25, 0.3) is 0 Å². The van der Waals surface area contributed by atoms with E-state index in [4.69, 9.17) is 4.74 Å². The molecule has 1 fully saturated rings. The summed E-state index contributed by atoms with van der Waals surface area (Å²) in [4.78, 5) is 7.08. The highest BCUT2D eigenvalue weighted by Crippen LogP contribution is 2.23. The molecule has 1 aliphatic heterocycles. The third kappa shape index (κ3) is 4.66. The van der Waals surface area contributed by atoms with E-state index in [9.17, 15) is 8.42 Å². The molecule has 1 aromatic carbocycles. The molecule has 7 heteroatoms. The van der Waals surface area contributed by atoms with E-state index in [1.165, 1.54) is 0 Å². The summed E-state index contributed by atoms with van der Waals surface area (Å²) >= 11 is 0. The maximum Gasteiger partial charge on any atom is 0.243 e. The van der Waals surface area contributed by atoms with Crippen LogP contribution in [0.5, 0.6) is 5.75 Å². The Hall–Kier alpha value is -1.96. The Labute approximate surface area is 161 Å². The monoisotopic (exact) mass is 389 g/mol. The second-order valence-electron chi connectivity index (χ2n) is 6.87. The third-order valence-electron chi connectivity index (χ3n) is 4.79. The molecule has 0 spiro atoms. The maximum atomic E-state index is 13.0. The van der Waals surface area contributed by atoms with Gasteiger partial charge in [0.2, 0.25) is 10.0 Å². The number of ether oxygens (including phenoxy) is 1. The van der Waals surface area contributed by atoms with Crippen molar-refractivity contribution in [3.8, 4) is 5.75 Å². The lowest BCUT2D eigenvalue weighted by atomic mass is 10.2. The van der Waals surface area contributed by atoms with Gasteiger partial charge in [-0.2, -0.15) is 4.31 Å². The first-order chi connectivity index (χ1) is 12.9. The van der Waals surface area contributed by atoms with Crippen LogP contribution in [-0.2, 0) is 16.6 Å². The number of benzene rings is 1. The molecule has 2 heterocycles. The van der Waals surface area contributed by atoms with Crippen molar-refractivity contribution in [2.75, 3.05) is 32.8 Å². The minimum atomic E-state index is -3.45. The number of hydrogen-bond acceptors (Lipinski definition) is 5. The van der Waals surface area contributed by atoms with Gasteiger partial charge in [0.1, 0.15) is 5.75 Å². The van der Waals surface area contributed by atoms with Gasteiger partial charge in [-0.15, -0.1) is 0 Å². The van der Waals surface area contributed by atoms with E-state index in [1.54, 1.807) is 16.6 Å². The van der Waals surface area contributed by atoms with Crippen LogP contribution in [-0.4, -0.2) is 55.4 Å². The average Bonchev–Trinajstić information content (AvgIpc) is 2.66. The fourth-order valence-corrected chi connectivity index (χ4v) is 4.97. The molecular formula is C20H27N3O3S. The molecule has 2 aromatic rings. The van der Waals surface area contributed by atoms with E-state index >= 15 is 0 Å². The number of nitrogens with zero attached hydrogens (tertiary/aromatic N) is 3. The molecule has 0 N–H and O–H groups in total. The summed E-state index contributed by atoms with van der Waals surface area (Å²) in [6, 6.07) is 9.46. The highest BCUT2D eigenvalue weighted by molar-refractivity contribution is 7.89. The summed E-state index contributed by atoms with van der Waals surface area (Å²) in [5.74, 6) is 0.769. The summed E-state index contributed by atoms with van der Waals surface area (Å²) in [5.41, 5.74) is 2.71. The van der Waals surface area contributed by atoms with Crippen LogP contribution in [0.15, 0.2) is 41.4 Å². The van der Waals surface area contributed by atoms with Crippen LogP contribution in [0, 0.1) is 13.8 Å². The Morgan fingerprint density at radius 1 is 1.07 bits per heavy atom. The lowest BCUT2D eigenvalue weighted by Gasteiger charge is -2.34. The van der Waals surface area contributed by atoms with Crippen LogP contribution in [0.1, 0.15) is 23.7 Å². The first-order valence-electron chi connectivity index (χ1n) is 9.27. The molecular weight excluding hydrogens is 362 g/mol. The number of aryl methyl sites for hydroxylation is 2. The molecule has 0 unspecified atom stereocenters. The van der Waals surface area contributed by atoms with Crippen LogP contribution in [0.4, 0.5) is 0 Å². The third-order valence-corrected chi connectivity index (χ3v) is 6.83. The normalized spacial score (nSPS) is 16.4. The Bertz CT molecular complexity index is 874. The van der Waals surface area contributed by atoms with Gasteiger partial charge in [0.05, 0.1) is 23.4 Å². The average molecular weight is 390 g/mol. The van der Waals surface area contributed by atoms with Gasteiger partial charge in [0, 0.05) is 32.7 Å². The van der Waals surface area contributed by atoms with E-state index in [0.29, 0.717) is 44.2 Å². The van der Waals surface area contributed by atoms with E-state index in [2.05, 4.69) is 9.88 Å². The van der Waals surface area contributed by atoms with Crippen molar-refractivity contribution in [3.63, 3.8) is 0 Å². The predicted octanol–water partition coefficient (Wildman–Crippen LogP) is 2.60. The van der Waals surface area contributed by atoms with E-state index < -0.39 is 10.0 Å². The minimum Gasteiger partial charge on any atom is -0.492 e. The topological polar surface area (TPSA) is 62.7 Å². The number of sulfonamides is 1. The second-order valence-corrected chi connectivity index (χ2v) is 8.77. The van der Waals surface area contributed by atoms with E-state index in [-0.39, 0.29) is 0 Å². The number of pyridine rings is 1. The fourth-order valence-electron chi connectivity index (χ4n) is 3.24. The van der Waals surface area contributed by atoms with Gasteiger partial charge < -0.3 is 4.74 Å². The lowest BCUT2D eigenvalue weighted by Crippen LogP contribution is -2.48. The molecule has 3 rings (SSSR count). The molecule has 1 aliphatic rings. The lowest BCUT2D eigenvalue weighted by molar-refractivity contribution is 0.180. The Morgan fingerprint density at radius 3 is 2.44 bits per heavy atom. The zero-order valence-corrected chi connectivity index (χ0v) is 17.0. The first kappa shape index (κ1) is 19.8. The van der Waals surface area contributed by atoms with Crippen molar-refractivity contribution in [1.82, 2.24) is 14.2 Å². The van der Waals surface area contributed by atoms with E-state index in [1.807, 2.05) is 45.0 Å². The van der Waals surface area contributed by atoms with Crippen molar-refractivity contribution in [2.45, 2.75) is 32.2 Å². The van der Waals surface area contributed by atoms with Gasteiger partial charge in [-0.1, -0.05) is 12.1 Å². The van der Waals surface area contributed by atoms with Crippen molar-refractivity contribution in [2.24, 2.45) is 0 Å². The number of rotatable bonds is 6. The van der Waals surface area contributed by atoms with Crippen LogP contribution >= 0.6 is 0 Å². The molecule has 0 atom stereocenters. The van der Waals surface area contributed by atoms with Gasteiger partial charge >= 0.3 is 0 Å². The predicted molar refractivity (Wildman–Crippen MR) is 105 cm³/mol. The molecule has 0 amide bonds. The summed E-state index contributed by atoms with van der Waals surface area (Å²) in [7, 11) is -3.45. The van der Waals surface area contributed by atoms with Crippen LogP contribution < -0.4 is 4.74 Å². The number of piperazine rings is 1. The van der Waals surface area contributed by atoms with Gasteiger partial charge in [0.15, 0.2) is 0 Å². The zero-order valence-electron chi connectivity index (χ0n) is 16.2. The van der Waals surface area contributed by atoms with Crippen molar-refractivity contribution in [1.29, 1.82) is 0 Å². The van der Waals surface area contributed by atoms with Crippen molar-refractivity contribution >= 4 is 10.0 Å². The second kappa shape index (κ2) is 8.37. The minimum absolute atomic E-state index is 0.420. The summed E-state index contributed by atoms with van der Waals surface area (Å²) in [6.45, 7) is 9.42. The molecule has 0 saturated carbocycles. The molecule has 1 saturated heterocycles. The molecule has 146 valence electrons. The Morgan fingerprint density at radius 2 is 1.81 bits per heavy atom. The largest absolute Gasteiger partial charge is 0.492 e. The fraction of sp³-hybridized carbons (Fsp3) is 0.450. The summed E-state index contributed by atoms with van der Waals surface area (Å²) in [6.07, 6.45) is 1.74. The van der Waals surface area contributed by atoms with Gasteiger partial charge in [-0.25, -0.2) is 8.42 Å². The number of aromatic nitrogens is 1. The quantitative estimate of drug-likeness (QED) is 0.760. The van der Waals surface area contributed by atoms with Crippen LogP contribution in [0.2, 0.25) is 0 Å². The highest BCUT2D eigenvalue weighted by atomic mass is 32.2. The number of hydrogen-bond donors (Lipinski definition) is 0. The summed E-state index contributed by atoms with van der Waals surface area (Å²) < 4.78 is 33.0. The Balaban J connectivity index is 1.62. The molecule has 0 aliphatic carbocycles. The first-order valence-corrected chi connectivity index (χ1v) is 10.7. The smallest absolute Gasteiger partial charge is 0.243 e. The highest BCUT2D eigenvalue weighted by Gasteiger charge is 2.29. The summed E-state index contributed by atoms with van der Waals surface area (Å²) in [5, 5.41) is 0. The molecule has 0 bridgehead atoms. The molecule has 27 heavy (non-hydrogen) atoms. The molecule has 0 radical (unpaired) electrons. The Kier molecular flexibility index (Phi) is 6.14. The van der Waals surface area contributed by atoms with Crippen molar-refractivity contribution in [3.05, 3.63) is 53.3 Å². The van der Waals surface area contributed by atoms with Crippen LogP contribution in [0.25, 0.3) is 0 Å². The zero-order chi connectivity index (χ0) is 19.4. The molecule has 6 nitrogen and oxygen atoms in total. The van der Waals surface area contributed by atoms with E-state index in [0.717, 1.165) is 22.6 Å². The molecule has 1 aromatic heterocycles.